The second-order valence-corrected chi connectivity index (χ2v) is 10.8. The van der Waals surface area contributed by atoms with E-state index >= 15 is 0 Å². The van der Waals surface area contributed by atoms with Gasteiger partial charge in [-0.1, -0.05) is 11.6 Å². The molecule has 1 aliphatic heterocycles. The summed E-state index contributed by atoms with van der Waals surface area (Å²) in [5.74, 6) is 2.90. The largest absolute Gasteiger partial charge is 0.495 e. The van der Waals surface area contributed by atoms with E-state index in [1.54, 1.807) is 31.4 Å². The fourth-order valence-electron chi connectivity index (χ4n) is 5.08. The number of ether oxygens (including phenoxy) is 3. The first-order valence-corrected chi connectivity index (χ1v) is 14.6. The molecule has 12 nitrogen and oxygen atoms in total. The van der Waals surface area contributed by atoms with Crippen LogP contribution in [-0.2, 0) is 11.2 Å². The van der Waals surface area contributed by atoms with Crippen molar-refractivity contribution in [3.63, 3.8) is 0 Å². The molecule has 0 saturated carbocycles. The lowest BCUT2D eigenvalue weighted by Gasteiger charge is -2.30. The van der Waals surface area contributed by atoms with Crippen molar-refractivity contribution in [2.75, 3.05) is 57.7 Å². The summed E-state index contributed by atoms with van der Waals surface area (Å²) in [6, 6.07) is 10.4. The van der Waals surface area contributed by atoms with Crippen LogP contribution in [0.15, 0.2) is 42.7 Å². The van der Waals surface area contributed by atoms with Gasteiger partial charge in [-0.05, 0) is 62.5 Å². The quantitative estimate of drug-likeness (QED) is 0.161. The van der Waals surface area contributed by atoms with Gasteiger partial charge in [0.2, 0.25) is 5.91 Å². The summed E-state index contributed by atoms with van der Waals surface area (Å²) >= 11 is 6.07. The van der Waals surface area contributed by atoms with E-state index in [1.165, 1.54) is 13.4 Å². The van der Waals surface area contributed by atoms with Crippen LogP contribution in [0.5, 0.6) is 17.2 Å². The zero-order valence-electron chi connectivity index (χ0n) is 24.2. The number of H-pyrrole nitrogens is 1. The predicted octanol–water partition coefficient (Wildman–Crippen LogP) is 4.42. The van der Waals surface area contributed by atoms with Crippen LogP contribution < -0.4 is 24.8 Å². The molecule has 0 unspecified atom stereocenters. The fraction of sp³-hybridized carbons (Fsp3) is 0.400. The Hall–Kier alpha value is -4.13. The summed E-state index contributed by atoms with van der Waals surface area (Å²) in [5, 5.41) is 23.8. The van der Waals surface area contributed by atoms with E-state index in [1.807, 2.05) is 12.1 Å². The van der Waals surface area contributed by atoms with Gasteiger partial charge in [-0.2, -0.15) is 5.10 Å². The highest BCUT2D eigenvalue weighted by molar-refractivity contribution is 6.31. The number of nitrogens with one attached hydrogen (secondary N) is 3. The van der Waals surface area contributed by atoms with Crippen molar-refractivity contribution < 1.29 is 24.1 Å². The smallest absolute Gasteiger partial charge is 0.230 e. The Morgan fingerprint density at radius 2 is 1.91 bits per heavy atom. The van der Waals surface area contributed by atoms with Gasteiger partial charge in [0.05, 0.1) is 38.5 Å². The molecule has 3 heterocycles. The van der Waals surface area contributed by atoms with Gasteiger partial charge in [-0.15, -0.1) is 0 Å². The molecule has 0 atom stereocenters. The van der Waals surface area contributed by atoms with Gasteiger partial charge in [0.25, 0.3) is 0 Å². The molecule has 13 heteroatoms. The average Bonchev–Trinajstić information content (AvgIpc) is 3.45. The molecule has 1 amide bonds. The van der Waals surface area contributed by atoms with Gasteiger partial charge >= 0.3 is 0 Å². The number of carbonyl (C=O) groups is 1. The summed E-state index contributed by atoms with van der Waals surface area (Å²) < 4.78 is 17.0. The van der Waals surface area contributed by atoms with E-state index in [-0.39, 0.29) is 18.9 Å². The zero-order valence-corrected chi connectivity index (χ0v) is 25.0. The molecule has 2 aromatic carbocycles. The van der Waals surface area contributed by atoms with Crippen molar-refractivity contribution in [2.24, 2.45) is 5.92 Å². The van der Waals surface area contributed by atoms with Crippen LogP contribution in [0.1, 0.15) is 25.0 Å². The number of amides is 1. The molecule has 0 radical (unpaired) electrons. The number of halogens is 1. The molecule has 4 aromatic rings. The Bertz CT molecular complexity index is 1540. The van der Waals surface area contributed by atoms with Crippen molar-refractivity contribution in [1.82, 2.24) is 25.1 Å². The highest BCUT2D eigenvalue weighted by atomic mass is 35.5. The summed E-state index contributed by atoms with van der Waals surface area (Å²) in [6.07, 6.45) is 4.50. The van der Waals surface area contributed by atoms with E-state index in [0.717, 1.165) is 44.3 Å². The minimum absolute atomic E-state index is 0.0599. The average molecular weight is 610 g/mol. The summed E-state index contributed by atoms with van der Waals surface area (Å²) in [7, 11) is 3.12. The number of anilines is 3. The van der Waals surface area contributed by atoms with Gasteiger partial charge < -0.3 is 34.9 Å². The van der Waals surface area contributed by atoms with E-state index < -0.39 is 0 Å². The topological polar surface area (TPSA) is 147 Å². The van der Waals surface area contributed by atoms with E-state index in [9.17, 15) is 9.90 Å². The van der Waals surface area contributed by atoms with Crippen LogP contribution in [-0.4, -0.2) is 83.1 Å². The maximum absolute atomic E-state index is 12.7. The van der Waals surface area contributed by atoms with Gasteiger partial charge in [0, 0.05) is 41.4 Å². The fourth-order valence-corrected chi connectivity index (χ4v) is 5.25. The SMILES string of the molecule is COc1ccc(Cl)cc1NC(=O)Cc1cc(Nc2ncnc3cc(OCCCN4CCC(CO)CC4)c(OC)cc23)n[nH]1. The number of rotatable bonds is 13. The zero-order chi connectivity index (χ0) is 30.2. The molecule has 0 aliphatic carbocycles. The van der Waals surface area contributed by atoms with Crippen molar-refractivity contribution in [1.29, 1.82) is 0 Å². The number of nitrogens with zero attached hydrogens (tertiary/aromatic N) is 4. The second kappa shape index (κ2) is 14.4. The van der Waals surface area contributed by atoms with Gasteiger partial charge in [0.1, 0.15) is 17.9 Å². The van der Waals surface area contributed by atoms with Crippen LogP contribution in [0.2, 0.25) is 5.02 Å². The van der Waals surface area contributed by atoms with Crippen LogP contribution in [0.3, 0.4) is 0 Å². The van der Waals surface area contributed by atoms with Crippen molar-refractivity contribution >= 4 is 45.7 Å². The van der Waals surface area contributed by atoms with Crippen LogP contribution in [0.25, 0.3) is 10.9 Å². The molecule has 1 fully saturated rings. The lowest BCUT2D eigenvalue weighted by atomic mass is 9.98. The lowest BCUT2D eigenvalue weighted by Crippen LogP contribution is -2.35. The molecular weight excluding hydrogens is 574 g/mol. The number of benzene rings is 2. The lowest BCUT2D eigenvalue weighted by molar-refractivity contribution is -0.115. The number of likely N-dealkylation sites (tertiary alicyclic amines) is 1. The van der Waals surface area contributed by atoms with E-state index in [4.69, 9.17) is 25.8 Å². The normalized spacial score (nSPS) is 14.0. The van der Waals surface area contributed by atoms with Gasteiger partial charge in [0.15, 0.2) is 17.3 Å². The monoisotopic (exact) mass is 609 g/mol. The number of aliphatic hydroxyl groups excluding tert-OH is 1. The van der Waals surface area contributed by atoms with Crippen LogP contribution >= 0.6 is 11.6 Å². The first-order chi connectivity index (χ1) is 20.9. The molecule has 2 aromatic heterocycles. The first-order valence-electron chi connectivity index (χ1n) is 14.2. The molecule has 1 aliphatic rings. The standard InChI is InChI=1S/C30H36ClN7O5/c1-41-25-5-4-20(31)12-24(25)34-29(40)14-21-13-28(37-36-21)35-30-22-15-26(42-2)27(16-23(22)32-18-33-30)43-11-3-8-38-9-6-19(17-39)7-10-38/h4-5,12-13,15-16,18-19,39H,3,6-11,14,17H2,1-2H3,(H,34,40)(H2,32,33,35,36,37). The predicted molar refractivity (Wildman–Crippen MR) is 165 cm³/mol. The van der Waals surface area contributed by atoms with E-state index in [2.05, 4.69) is 35.7 Å². The second-order valence-electron chi connectivity index (χ2n) is 10.4. The molecule has 4 N–H and O–H groups in total. The Balaban J connectivity index is 1.20. The Morgan fingerprint density at radius 3 is 2.67 bits per heavy atom. The molecule has 1 saturated heterocycles. The van der Waals surface area contributed by atoms with Crippen LogP contribution in [0.4, 0.5) is 17.3 Å². The molecular formula is C30H36ClN7O5. The number of hydrogen-bond acceptors (Lipinski definition) is 10. The highest BCUT2D eigenvalue weighted by Crippen LogP contribution is 2.35. The Morgan fingerprint density at radius 1 is 1.09 bits per heavy atom. The molecule has 228 valence electrons. The number of hydrogen-bond donors (Lipinski definition) is 4. The molecule has 43 heavy (non-hydrogen) atoms. The maximum Gasteiger partial charge on any atom is 0.230 e. The molecule has 0 bridgehead atoms. The Kier molecular flexibility index (Phi) is 10.1. The third-order valence-electron chi connectivity index (χ3n) is 7.43. The number of aliphatic hydroxyl groups is 1. The van der Waals surface area contributed by atoms with E-state index in [0.29, 0.717) is 63.3 Å². The number of fused-ring (bicyclic) bond motifs is 1. The summed E-state index contributed by atoms with van der Waals surface area (Å²) in [4.78, 5) is 23.9. The van der Waals surface area contributed by atoms with Gasteiger partial charge in [-0.3, -0.25) is 9.89 Å². The highest BCUT2D eigenvalue weighted by Gasteiger charge is 2.18. The number of aromatic nitrogens is 4. The summed E-state index contributed by atoms with van der Waals surface area (Å²) in [6.45, 7) is 3.81. The van der Waals surface area contributed by atoms with Gasteiger partial charge in [-0.25, -0.2) is 9.97 Å². The third-order valence-corrected chi connectivity index (χ3v) is 7.66. The number of piperidine rings is 1. The minimum Gasteiger partial charge on any atom is -0.495 e. The third kappa shape index (κ3) is 7.83. The first kappa shape index (κ1) is 30.3. The molecule has 5 rings (SSSR count). The van der Waals surface area contributed by atoms with Crippen LogP contribution in [0, 0.1) is 5.92 Å². The minimum atomic E-state index is -0.258. The maximum atomic E-state index is 12.7. The van der Waals surface area contributed by atoms with Crippen molar-refractivity contribution in [3.05, 3.63) is 53.4 Å². The summed E-state index contributed by atoms with van der Waals surface area (Å²) in [5.41, 5.74) is 1.77. The number of carbonyl (C=O) groups excluding carboxylic acids is 1. The van der Waals surface area contributed by atoms with Crippen molar-refractivity contribution in [3.8, 4) is 17.2 Å². The number of aromatic amines is 1. The number of methoxy groups -OCH3 is 2. The van der Waals surface area contributed by atoms with Crippen molar-refractivity contribution in [2.45, 2.75) is 25.7 Å². The Labute approximate surface area is 254 Å². The molecule has 0 spiro atoms.